The summed E-state index contributed by atoms with van der Waals surface area (Å²) in [5, 5.41) is 3.50. The van der Waals surface area contributed by atoms with Crippen LogP contribution in [0.1, 0.15) is 39.2 Å². The fraction of sp³-hybridized carbons (Fsp3) is 0.643. The number of hydrogen-bond acceptors (Lipinski definition) is 3. The van der Waals surface area contributed by atoms with E-state index in [0.717, 1.165) is 22.5 Å². The van der Waals surface area contributed by atoms with Gasteiger partial charge in [-0.25, -0.2) is 4.98 Å². The molecule has 1 N–H and O–H groups in total. The molecule has 1 unspecified atom stereocenters. The molecule has 0 aliphatic heterocycles. The van der Waals surface area contributed by atoms with E-state index >= 15 is 0 Å². The molecule has 0 aromatic carbocycles. The van der Waals surface area contributed by atoms with E-state index in [0.29, 0.717) is 12.0 Å². The van der Waals surface area contributed by atoms with Gasteiger partial charge in [0.2, 0.25) is 5.88 Å². The largest absolute Gasteiger partial charge is 0.474 e. The Labute approximate surface area is 117 Å². The molecule has 1 aromatic heterocycles. The van der Waals surface area contributed by atoms with Crippen molar-refractivity contribution in [2.45, 2.75) is 52.3 Å². The Balaban J connectivity index is 2.06. The zero-order valence-corrected chi connectivity index (χ0v) is 12.8. The fourth-order valence-electron chi connectivity index (χ4n) is 1.56. The predicted molar refractivity (Wildman–Crippen MR) is 76.7 cm³/mol. The standard InChI is InChI=1S/C14H21BrN2O/c1-9(2)10(3)18-14-11(6-12(15)8-17-14)7-16-13-4-5-13/h6,8-10,13,16H,4-5,7H2,1-3H3. The Hall–Kier alpha value is -0.610. The third-order valence-electron chi connectivity index (χ3n) is 3.29. The van der Waals surface area contributed by atoms with Gasteiger partial charge >= 0.3 is 0 Å². The molecule has 0 radical (unpaired) electrons. The molecule has 1 heterocycles. The molecule has 4 heteroatoms. The lowest BCUT2D eigenvalue weighted by atomic mass is 10.1. The van der Waals surface area contributed by atoms with Crippen molar-refractivity contribution in [2.75, 3.05) is 0 Å². The highest BCUT2D eigenvalue weighted by Crippen LogP contribution is 2.24. The molecule has 1 aliphatic rings. The number of hydrogen-bond donors (Lipinski definition) is 1. The average molecular weight is 313 g/mol. The number of aromatic nitrogens is 1. The van der Waals surface area contributed by atoms with Crippen LogP contribution in [0, 0.1) is 5.92 Å². The highest BCUT2D eigenvalue weighted by atomic mass is 79.9. The van der Waals surface area contributed by atoms with Crippen LogP contribution in [0.5, 0.6) is 5.88 Å². The van der Waals surface area contributed by atoms with Crippen LogP contribution in [0.4, 0.5) is 0 Å². The molecule has 18 heavy (non-hydrogen) atoms. The first-order chi connectivity index (χ1) is 8.56. The summed E-state index contributed by atoms with van der Waals surface area (Å²) in [6, 6.07) is 2.78. The molecule has 0 spiro atoms. The molecule has 1 aliphatic carbocycles. The van der Waals surface area contributed by atoms with Crippen molar-refractivity contribution in [3.05, 3.63) is 22.3 Å². The lowest BCUT2D eigenvalue weighted by Crippen LogP contribution is -2.22. The minimum Gasteiger partial charge on any atom is -0.474 e. The number of halogens is 1. The van der Waals surface area contributed by atoms with E-state index in [-0.39, 0.29) is 6.10 Å². The second-order valence-corrected chi connectivity index (χ2v) is 6.26. The van der Waals surface area contributed by atoms with Gasteiger partial charge < -0.3 is 10.1 Å². The Morgan fingerprint density at radius 2 is 2.17 bits per heavy atom. The van der Waals surface area contributed by atoms with Crippen LogP contribution in [0.3, 0.4) is 0 Å². The van der Waals surface area contributed by atoms with E-state index in [1.54, 1.807) is 6.20 Å². The van der Waals surface area contributed by atoms with Gasteiger partial charge in [0.05, 0.1) is 6.10 Å². The third kappa shape index (κ3) is 3.95. The van der Waals surface area contributed by atoms with Gasteiger partial charge in [-0.15, -0.1) is 0 Å². The number of rotatable bonds is 6. The van der Waals surface area contributed by atoms with Crippen molar-refractivity contribution in [1.29, 1.82) is 0 Å². The Morgan fingerprint density at radius 1 is 1.44 bits per heavy atom. The first-order valence-corrected chi connectivity index (χ1v) is 7.40. The summed E-state index contributed by atoms with van der Waals surface area (Å²) < 4.78 is 6.94. The minimum absolute atomic E-state index is 0.179. The maximum atomic E-state index is 5.94. The molecule has 100 valence electrons. The lowest BCUT2D eigenvalue weighted by molar-refractivity contribution is 0.161. The summed E-state index contributed by atoms with van der Waals surface area (Å²) in [5.74, 6) is 1.24. The van der Waals surface area contributed by atoms with Crippen LogP contribution in [-0.4, -0.2) is 17.1 Å². The monoisotopic (exact) mass is 312 g/mol. The van der Waals surface area contributed by atoms with Crippen LogP contribution in [0.25, 0.3) is 0 Å². The molecular formula is C14H21BrN2O. The maximum Gasteiger partial charge on any atom is 0.218 e. The SMILES string of the molecule is CC(C)C(C)Oc1ncc(Br)cc1CNC1CC1. The van der Waals surface area contributed by atoms with E-state index in [2.05, 4.69) is 53.1 Å². The van der Waals surface area contributed by atoms with Crippen LogP contribution in [0.15, 0.2) is 16.7 Å². The number of pyridine rings is 1. The van der Waals surface area contributed by atoms with E-state index in [9.17, 15) is 0 Å². The lowest BCUT2D eigenvalue weighted by Gasteiger charge is -2.19. The van der Waals surface area contributed by atoms with Gasteiger partial charge in [-0.1, -0.05) is 13.8 Å². The van der Waals surface area contributed by atoms with Gasteiger partial charge in [0.15, 0.2) is 0 Å². The Morgan fingerprint density at radius 3 is 2.78 bits per heavy atom. The van der Waals surface area contributed by atoms with Gasteiger partial charge in [-0.05, 0) is 47.7 Å². The van der Waals surface area contributed by atoms with Crippen LogP contribution >= 0.6 is 15.9 Å². The number of nitrogens with one attached hydrogen (secondary N) is 1. The second-order valence-electron chi connectivity index (χ2n) is 5.34. The molecule has 1 atom stereocenters. The highest BCUT2D eigenvalue weighted by Gasteiger charge is 2.21. The Bertz CT molecular complexity index is 405. The van der Waals surface area contributed by atoms with Crippen molar-refractivity contribution in [3.8, 4) is 5.88 Å². The second kappa shape index (κ2) is 6.02. The third-order valence-corrected chi connectivity index (χ3v) is 3.72. The smallest absolute Gasteiger partial charge is 0.218 e. The van der Waals surface area contributed by atoms with E-state index < -0.39 is 0 Å². The molecular weight excluding hydrogens is 292 g/mol. The molecule has 1 fully saturated rings. The molecule has 1 aromatic rings. The summed E-state index contributed by atoms with van der Waals surface area (Å²) in [4.78, 5) is 4.39. The molecule has 0 amide bonds. The predicted octanol–water partition coefficient (Wildman–Crippen LogP) is 3.52. The molecule has 0 saturated heterocycles. The highest BCUT2D eigenvalue weighted by molar-refractivity contribution is 9.10. The first kappa shape index (κ1) is 13.8. The van der Waals surface area contributed by atoms with Crippen molar-refractivity contribution in [1.82, 2.24) is 10.3 Å². The summed E-state index contributed by atoms with van der Waals surface area (Å²) in [6.45, 7) is 7.24. The summed E-state index contributed by atoms with van der Waals surface area (Å²) >= 11 is 3.47. The van der Waals surface area contributed by atoms with Crippen molar-refractivity contribution in [2.24, 2.45) is 5.92 Å². The quantitative estimate of drug-likeness (QED) is 0.872. The van der Waals surface area contributed by atoms with Crippen LogP contribution < -0.4 is 10.1 Å². The van der Waals surface area contributed by atoms with Gasteiger partial charge in [0.1, 0.15) is 0 Å². The topological polar surface area (TPSA) is 34.1 Å². The average Bonchev–Trinajstić information content (AvgIpc) is 3.13. The van der Waals surface area contributed by atoms with Crippen LogP contribution in [0.2, 0.25) is 0 Å². The molecule has 3 nitrogen and oxygen atoms in total. The molecule has 0 bridgehead atoms. The normalized spacial score (nSPS) is 16.9. The van der Waals surface area contributed by atoms with Crippen molar-refractivity contribution in [3.63, 3.8) is 0 Å². The zero-order valence-electron chi connectivity index (χ0n) is 11.2. The fourth-order valence-corrected chi connectivity index (χ4v) is 1.93. The minimum atomic E-state index is 0.179. The maximum absolute atomic E-state index is 5.94. The van der Waals surface area contributed by atoms with Crippen molar-refractivity contribution < 1.29 is 4.74 Å². The first-order valence-electron chi connectivity index (χ1n) is 6.60. The van der Waals surface area contributed by atoms with Gasteiger partial charge in [-0.2, -0.15) is 0 Å². The zero-order chi connectivity index (χ0) is 13.1. The van der Waals surface area contributed by atoms with Gasteiger partial charge in [-0.3, -0.25) is 0 Å². The summed E-state index contributed by atoms with van der Waals surface area (Å²) in [7, 11) is 0. The molecule has 1 saturated carbocycles. The van der Waals surface area contributed by atoms with Crippen molar-refractivity contribution >= 4 is 15.9 Å². The number of nitrogens with zero attached hydrogens (tertiary/aromatic N) is 1. The van der Waals surface area contributed by atoms with E-state index in [1.807, 2.05) is 0 Å². The summed E-state index contributed by atoms with van der Waals surface area (Å²) in [6.07, 6.45) is 4.56. The van der Waals surface area contributed by atoms with E-state index in [4.69, 9.17) is 4.74 Å². The molecule has 2 rings (SSSR count). The Kier molecular flexibility index (Phi) is 4.62. The number of ether oxygens (including phenoxy) is 1. The summed E-state index contributed by atoms with van der Waals surface area (Å²) in [5.41, 5.74) is 1.13. The van der Waals surface area contributed by atoms with Crippen LogP contribution in [-0.2, 0) is 6.54 Å². The van der Waals surface area contributed by atoms with Gasteiger partial charge in [0, 0.05) is 28.8 Å². The van der Waals surface area contributed by atoms with E-state index in [1.165, 1.54) is 12.8 Å². The van der Waals surface area contributed by atoms with Gasteiger partial charge in [0.25, 0.3) is 0 Å².